The van der Waals surface area contributed by atoms with Crippen molar-refractivity contribution in [3.63, 3.8) is 0 Å². The SMILES string of the molecule is CC(C)(CNC(=O)C1(c2cccc(Cl)c2)CCC1)N1CCOCC1. The van der Waals surface area contributed by atoms with Crippen LogP contribution in [0.4, 0.5) is 0 Å². The van der Waals surface area contributed by atoms with Crippen LogP contribution in [0, 0.1) is 0 Å². The number of carbonyl (C=O) groups is 1. The number of nitrogens with zero attached hydrogens (tertiary/aromatic N) is 1. The largest absolute Gasteiger partial charge is 0.379 e. The Morgan fingerprint density at radius 1 is 1.33 bits per heavy atom. The van der Waals surface area contributed by atoms with Crippen molar-refractivity contribution < 1.29 is 9.53 Å². The normalized spacial score (nSPS) is 21.1. The molecule has 3 rings (SSSR count). The van der Waals surface area contributed by atoms with Gasteiger partial charge in [0.05, 0.1) is 18.6 Å². The lowest BCUT2D eigenvalue weighted by molar-refractivity contribution is -0.130. The summed E-state index contributed by atoms with van der Waals surface area (Å²) in [5.41, 5.74) is 0.577. The van der Waals surface area contributed by atoms with Crippen LogP contribution < -0.4 is 5.32 Å². The molecule has 1 aliphatic carbocycles. The van der Waals surface area contributed by atoms with Crippen molar-refractivity contribution in [2.45, 2.75) is 44.1 Å². The molecule has 1 heterocycles. The molecule has 1 amide bonds. The Labute approximate surface area is 149 Å². The lowest BCUT2D eigenvalue weighted by Gasteiger charge is -2.44. The van der Waals surface area contributed by atoms with E-state index in [4.69, 9.17) is 16.3 Å². The Morgan fingerprint density at radius 3 is 2.62 bits per heavy atom. The second-order valence-electron chi connectivity index (χ2n) is 7.54. The molecule has 0 bridgehead atoms. The van der Waals surface area contributed by atoms with Crippen LogP contribution in [0.1, 0.15) is 38.7 Å². The molecule has 4 nitrogen and oxygen atoms in total. The number of carbonyl (C=O) groups excluding carboxylic acids is 1. The molecule has 2 fully saturated rings. The van der Waals surface area contributed by atoms with Crippen LogP contribution >= 0.6 is 11.6 Å². The van der Waals surface area contributed by atoms with E-state index < -0.39 is 5.41 Å². The zero-order valence-corrected chi connectivity index (χ0v) is 15.4. The third-order valence-corrected chi connectivity index (χ3v) is 5.80. The molecule has 1 aliphatic heterocycles. The zero-order chi connectivity index (χ0) is 17.2. The van der Waals surface area contributed by atoms with Crippen LogP contribution in [-0.4, -0.2) is 49.2 Å². The maximum atomic E-state index is 13.0. The predicted molar refractivity (Wildman–Crippen MR) is 96.5 cm³/mol. The van der Waals surface area contributed by atoms with Crippen molar-refractivity contribution in [3.05, 3.63) is 34.9 Å². The summed E-state index contributed by atoms with van der Waals surface area (Å²) >= 11 is 6.14. The third-order valence-electron chi connectivity index (χ3n) is 5.57. The smallest absolute Gasteiger partial charge is 0.230 e. The van der Waals surface area contributed by atoms with E-state index in [1.165, 1.54) is 0 Å². The fourth-order valence-electron chi connectivity index (χ4n) is 3.71. The molecule has 0 radical (unpaired) electrons. The molecule has 0 atom stereocenters. The minimum Gasteiger partial charge on any atom is -0.379 e. The van der Waals surface area contributed by atoms with E-state index in [-0.39, 0.29) is 11.4 Å². The van der Waals surface area contributed by atoms with Crippen LogP contribution in [0.2, 0.25) is 5.02 Å². The molecule has 24 heavy (non-hydrogen) atoms. The third kappa shape index (κ3) is 3.46. The molecular formula is C19H27ClN2O2. The van der Waals surface area contributed by atoms with E-state index in [2.05, 4.69) is 24.1 Å². The van der Waals surface area contributed by atoms with Crippen molar-refractivity contribution >= 4 is 17.5 Å². The van der Waals surface area contributed by atoms with Crippen molar-refractivity contribution in [2.24, 2.45) is 0 Å². The second kappa shape index (κ2) is 7.03. The van der Waals surface area contributed by atoms with Crippen LogP contribution in [0.25, 0.3) is 0 Å². The van der Waals surface area contributed by atoms with Gasteiger partial charge in [-0.2, -0.15) is 0 Å². The van der Waals surface area contributed by atoms with Gasteiger partial charge in [0.15, 0.2) is 0 Å². The van der Waals surface area contributed by atoms with E-state index in [0.29, 0.717) is 11.6 Å². The van der Waals surface area contributed by atoms with Crippen LogP contribution in [0.15, 0.2) is 24.3 Å². The van der Waals surface area contributed by atoms with Gasteiger partial charge in [0.2, 0.25) is 5.91 Å². The molecule has 2 aliphatic rings. The predicted octanol–water partition coefficient (Wildman–Crippen LogP) is 2.99. The first-order valence-corrected chi connectivity index (χ1v) is 9.19. The fraction of sp³-hybridized carbons (Fsp3) is 0.632. The number of hydrogen-bond acceptors (Lipinski definition) is 3. The Hall–Kier alpha value is -1.10. The minimum atomic E-state index is -0.397. The van der Waals surface area contributed by atoms with Gasteiger partial charge in [-0.1, -0.05) is 30.2 Å². The van der Waals surface area contributed by atoms with Gasteiger partial charge in [-0.15, -0.1) is 0 Å². The molecule has 0 aromatic heterocycles. The first kappa shape index (κ1) is 17.7. The number of halogens is 1. The number of benzene rings is 1. The summed E-state index contributed by atoms with van der Waals surface area (Å²) < 4.78 is 5.43. The van der Waals surface area contributed by atoms with Gasteiger partial charge in [0, 0.05) is 30.2 Å². The Bertz CT molecular complexity index is 593. The molecule has 1 N–H and O–H groups in total. The molecule has 1 aromatic carbocycles. The summed E-state index contributed by atoms with van der Waals surface area (Å²) in [6, 6.07) is 7.75. The van der Waals surface area contributed by atoms with Gasteiger partial charge in [-0.3, -0.25) is 9.69 Å². The maximum Gasteiger partial charge on any atom is 0.230 e. The first-order valence-electron chi connectivity index (χ1n) is 8.81. The summed E-state index contributed by atoms with van der Waals surface area (Å²) in [7, 11) is 0. The van der Waals surface area contributed by atoms with Crippen LogP contribution in [-0.2, 0) is 14.9 Å². The van der Waals surface area contributed by atoms with Crippen molar-refractivity contribution in [1.29, 1.82) is 0 Å². The average Bonchev–Trinajstić information content (AvgIpc) is 2.53. The van der Waals surface area contributed by atoms with Crippen molar-refractivity contribution in [2.75, 3.05) is 32.8 Å². The highest BCUT2D eigenvalue weighted by Gasteiger charge is 2.46. The van der Waals surface area contributed by atoms with Crippen molar-refractivity contribution in [1.82, 2.24) is 10.2 Å². The van der Waals surface area contributed by atoms with Crippen LogP contribution in [0.3, 0.4) is 0 Å². The summed E-state index contributed by atoms with van der Waals surface area (Å²) in [5.74, 6) is 0.136. The molecule has 1 aromatic rings. The van der Waals surface area contributed by atoms with E-state index in [1.54, 1.807) is 0 Å². The molecule has 1 saturated carbocycles. The van der Waals surface area contributed by atoms with E-state index in [1.807, 2.05) is 24.3 Å². The van der Waals surface area contributed by atoms with Gasteiger partial charge < -0.3 is 10.1 Å². The van der Waals surface area contributed by atoms with Crippen molar-refractivity contribution in [3.8, 4) is 0 Å². The highest BCUT2D eigenvalue weighted by molar-refractivity contribution is 6.30. The van der Waals surface area contributed by atoms with Crippen LogP contribution in [0.5, 0.6) is 0 Å². The summed E-state index contributed by atoms with van der Waals surface area (Å²) in [6.07, 6.45) is 2.89. The second-order valence-corrected chi connectivity index (χ2v) is 7.98. The zero-order valence-electron chi connectivity index (χ0n) is 14.6. The van der Waals surface area contributed by atoms with Gasteiger partial charge in [-0.25, -0.2) is 0 Å². The highest BCUT2D eigenvalue weighted by Crippen LogP contribution is 2.44. The molecule has 0 spiro atoms. The number of hydrogen-bond donors (Lipinski definition) is 1. The first-order chi connectivity index (χ1) is 11.4. The average molecular weight is 351 g/mol. The topological polar surface area (TPSA) is 41.6 Å². The van der Waals surface area contributed by atoms with Gasteiger partial charge >= 0.3 is 0 Å². The standard InChI is InChI=1S/C19H27ClN2O2/c1-18(2,22-9-11-24-12-10-22)14-21-17(23)19(7-4-8-19)15-5-3-6-16(20)13-15/h3,5-6,13H,4,7-12,14H2,1-2H3,(H,21,23). The molecule has 5 heteroatoms. The van der Waals surface area contributed by atoms with Gasteiger partial charge in [0.25, 0.3) is 0 Å². The number of ether oxygens (including phenoxy) is 1. The summed E-state index contributed by atoms with van der Waals surface area (Å²) in [5, 5.41) is 3.91. The fourth-order valence-corrected chi connectivity index (χ4v) is 3.90. The van der Waals surface area contributed by atoms with Gasteiger partial charge in [-0.05, 0) is 44.4 Å². The number of rotatable bonds is 5. The monoisotopic (exact) mass is 350 g/mol. The summed E-state index contributed by atoms with van der Waals surface area (Å²) in [6.45, 7) is 8.39. The number of amides is 1. The molecule has 132 valence electrons. The maximum absolute atomic E-state index is 13.0. The lowest BCUT2D eigenvalue weighted by Crippen LogP contribution is -2.58. The Balaban J connectivity index is 1.67. The minimum absolute atomic E-state index is 0.0707. The molecular weight excluding hydrogens is 324 g/mol. The van der Waals surface area contributed by atoms with E-state index in [9.17, 15) is 4.79 Å². The van der Waals surface area contributed by atoms with E-state index >= 15 is 0 Å². The number of morpholine rings is 1. The molecule has 0 unspecified atom stereocenters. The lowest BCUT2D eigenvalue weighted by atomic mass is 9.63. The number of nitrogens with one attached hydrogen (secondary N) is 1. The summed E-state index contributed by atoms with van der Waals surface area (Å²) in [4.78, 5) is 15.4. The molecule has 1 saturated heterocycles. The van der Waals surface area contributed by atoms with Gasteiger partial charge in [0.1, 0.15) is 0 Å². The van der Waals surface area contributed by atoms with E-state index in [0.717, 1.165) is 51.1 Å². The quantitative estimate of drug-likeness (QED) is 0.887. The Kier molecular flexibility index (Phi) is 5.19. The highest BCUT2D eigenvalue weighted by atomic mass is 35.5. The Morgan fingerprint density at radius 2 is 2.04 bits per heavy atom.